The second-order valence-corrected chi connectivity index (χ2v) is 2.82. The largest absolute Gasteiger partial charge is 0.478 e. The molecule has 0 amide bonds. The Morgan fingerprint density at radius 3 is 3.07 bits per heavy atom. The highest BCUT2D eigenvalue weighted by atomic mass is 16.4. The van der Waals surface area contributed by atoms with Crippen molar-refractivity contribution in [3.05, 3.63) is 41.9 Å². The van der Waals surface area contributed by atoms with E-state index in [0.717, 1.165) is 17.5 Å². The van der Waals surface area contributed by atoms with E-state index in [0.29, 0.717) is 6.54 Å². The summed E-state index contributed by atoms with van der Waals surface area (Å²) >= 11 is 0. The van der Waals surface area contributed by atoms with Gasteiger partial charge in [0.2, 0.25) is 0 Å². The maximum Gasteiger partial charge on any atom is 0.329 e. The van der Waals surface area contributed by atoms with Crippen molar-refractivity contribution in [1.82, 2.24) is 10.3 Å². The molecular formula is C10H12N2O2. The molecule has 1 aromatic heterocycles. The molecule has 0 spiro atoms. The molecule has 0 aromatic carbocycles. The van der Waals surface area contributed by atoms with Gasteiger partial charge in [-0.05, 0) is 19.1 Å². The number of aliphatic carboxylic acids is 1. The minimum atomic E-state index is -0.963. The molecule has 0 aliphatic heterocycles. The highest BCUT2D eigenvalue weighted by Crippen LogP contribution is 1.96. The van der Waals surface area contributed by atoms with Crippen LogP contribution in [0.15, 0.2) is 30.5 Å². The van der Waals surface area contributed by atoms with E-state index in [1.54, 1.807) is 0 Å². The van der Waals surface area contributed by atoms with Gasteiger partial charge < -0.3 is 10.4 Å². The predicted octanol–water partition coefficient (Wildman–Crippen LogP) is 1.08. The second-order valence-electron chi connectivity index (χ2n) is 2.82. The Kier molecular flexibility index (Phi) is 3.67. The normalized spacial score (nSPS) is 10.4. The molecule has 0 fully saturated rings. The Morgan fingerprint density at radius 1 is 1.64 bits per heavy atom. The topological polar surface area (TPSA) is 62.2 Å². The average molecular weight is 192 g/mol. The van der Waals surface area contributed by atoms with Gasteiger partial charge in [-0.1, -0.05) is 6.07 Å². The molecule has 0 saturated carbocycles. The molecule has 0 bridgehead atoms. The molecule has 0 aliphatic carbocycles. The van der Waals surface area contributed by atoms with Crippen LogP contribution in [0, 0.1) is 6.92 Å². The number of nitrogens with one attached hydrogen (secondary N) is 1. The Bertz CT molecular complexity index is 348. The van der Waals surface area contributed by atoms with E-state index in [1.807, 2.05) is 25.1 Å². The number of rotatable bonds is 4. The third kappa shape index (κ3) is 3.71. The fourth-order valence-corrected chi connectivity index (χ4v) is 0.992. The van der Waals surface area contributed by atoms with Gasteiger partial charge in [-0.3, -0.25) is 4.98 Å². The van der Waals surface area contributed by atoms with Crippen LogP contribution in [0.25, 0.3) is 0 Å². The minimum Gasteiger partial charge on any atom is -0.478 e. The van der Waals surface area contributed by atoms with Gasteiger partial charge in [0, 0.05) is 18.0 Å². The van der Waals surface area contributed by atoms with Crippen molar-refractivity contribution in [2.45, 2.75) is 13.5 Å². The van der Waals surface area contributed by atoms with E-state index >= 15 is 0 Å². The standard InChI is InChI=1S/C10H12N2O2/c1-8-3-2-4-9(12-8)7-11-6-5-10(13)14/h2-6,11H,7H2,1H3,(H,13,14)/b6-5+. The van der Waals surface area contributed by atoms with Crippen molar-refractivity contribution in [2.75, 3.05) is 0 Å². The van der Waals surface area contributed by atoms with Gasteiger partial charge in [0.25, 0.3) is 0 Å². The Morgan fingerprint density at radius 2 is 2.43 bits per heavy atom. The number of aryl methyl sites for hydroxylation is 1. The second kappa shape index (κ2) is 5.01. The first-order valence-electron chi connectivity index (χ1n) is 4.24. The molecule has 4 heteroatoms. The van der Waals surface area contributed by atoms with E-state index in [2.05, 4.69) is 10.3 Å². The van der Waals surface area contributed by atoms with Crippen LogP contribution in [0.4, 0.5) is 0 Å². The lowest BCUT2D eigenvalue weighted by Crippen LogP contribution is -2.07. The van der Waals surface area contributed by atoms with E-state index in [-0.39, 0.29) is 0 Å². The fraction of sp³-hybridized carbons (Fsp3) is 0.200. The zero-order chi connectivity index (χ0) is 10.4. The van der Waals surface area contributed by atoms with Crippen molar-refractivity contribution >= 4 is 5.97 Å². The number of carboxylic acids is 1. The van der Waals surface area contributed by atoms with E-state index in [4.69, 9.17) is 5.11 Å². The van der Waals surface area contributed by atoms with Gasteiger partial charge in [0.05, 0.1) is 12.2 Å². The van der Waals surface area contributed by atoms with Crippen LogP contribution in [-0.4, -0.2) is 16.1 Å². The summed E-state index contributed by atoms with van der Waals surface area (Å²) in [6.07, 6.45) is 2.45. The number of hydrogen-bond donors (Lipinski definition) is 2. The van der Waals surface area contributed by atoms with Gasteiger partial charge in [0.1, 0.15) is 0 Å². The Balaban J connectivity index is 2.42. The third-order valence-electron chi connectivity index (χ3n) is 1.57. The molecule has 1 heterocycles. The first-order valence-corrected chi connectivity index (χ1v) is 4.24. The van der Waals surface area contributed by atoms with E-state index in [1.165, 1.54) is 6.20 Å². The molecule has 4 nitrogen and oxygen atoms in total. The number of aromatic nitrogens is 1. The van der Waals surface area contributed by atoms with E-state index in [9.17, 15) is 4.79 Å². The van der Waals surface area contributed by atoms with Gasteiger partial charge in [-0.2, -0.15) is 0 Å². The summed E-state index contributed by atoms with van der Waals surface area (Å²) in [5.74, 6) is -0.963. The molecule has 14 heavy (non-hydrogen) atoms. The molecule has 1 aromatic rings. The van der Waals surface area contributed by atoms with E-state index < -0.39 is 5.97 Å². The summed E-state index contributed by atoms with van der Waals surface area (Å²) in [5, 5.41) is 11.1. The first-order chi connectivity index (χ1) is 6.68. The zero-order valence-corrected chi connectivity index (χ0v) is 7.90. The summed E-state index contributed by atoms with van der Waals surface area (Å²) in [6.45, 7) is 2.45. The highest BCUT2D eigenvalue weighted by Gasteiger charge is 1.92. The summed E-state index contributed by atoms with van der Waals surface area (Å²) in [6, 6.07) is 5.71. The molecule has 0 unspecified atom stereocenters. The lowest BCUT2D eigenvalue weighted by molar-refractivity contribution is -0.131. The van der Waals surface area contributed by atoms with Crippen LogP contribution in [0.2, 0.25) is 0 Å². The maximum absolute atomic E-state index is 10.1. The number of pyridine rings is 1. The van der Waals surface area contributed by atoms with Crippen molar-refractivity contribution in [3.8, 4) is 0 Å². The lowest BCUT2D eigenvalue weighted by Gasteiger charge is -2.00. The average Bonchev–Trinajstić information content (AvgIpc) is 2.12. The number of hydrogen-bond acceptors (Lipinski definition) is 3. The maximum atomic E-state index is 10.1. The summed E-state index contributed by atoms with van der Waals surface area (Å²) in [5.41, 5.74) is 1.84. The van der Waals surface area contributed by atoms with Crippen molar-refractivity contribution in [2.24, 2.45) is 0 Å². The molecule has 0 radical (unpaired) electrons. The highest BCUT2D eigenvalue weighted by molar-refractivity contribution is 5.79. The molecule has 74 valence electrons. The molecular weight excluding hydrogens is 180 g/mol. The Hall–Kier alpha value is -1.84. The van der Waals surface area contributed by atoms with Crippen LogP contribution >= 0.6 is 0 Å². The predicted molar refractivity (Wildman–Crippen MR) is 52.6 cm³/mol. The van der Waals surface area contributed by atoms with Crippen LogP contribution in [0.1, 0.15) is 11.4 Å². The summed E-state index contributed by atoms with van der Waals surface area (Å²) in [4.78, 5) is 14.4. The minimum absolute atomic E-state index is 0.533. The van der Waals surface area contributed by atoms with Gasteiger partial charge >= 0.3 is 5.97 Å². The summed E-state index contributed by atoms with van der Waals surface area (Å²) in [7, 11) is 0. The van der Waals surface area contributed by atoms with Crippen LogP contribution in [-0.2, 0) is 11.3 Å². The van der Waals surface area contributed by atoms with Gasteiger partial charge in [0.15, 0.2) is 0 Å². The fourth-order valence-electron chi connectivity index (χ4n) is 0.992. The molecule has 2 N–H and O–H groups in total. The van der Waals surface area contributed by atoms with Crippen molar-refractivity contribution in [3.63, 3.8) is 0 Å². The van der Waals surface area contributed by atoms with Crippen LogP contribution in [0.5, 0.6) is 0 Å². The number of nitrogens with zero attached hydrogens (tertiary/aromatic N) is 1. The van der Waals surface area contributed by atoms with Crippen molar-refractivity contribution < 1.29 is 9.90 Å². The SMILES string of the molecule is Cc1cccc(CN/C=C/C(=O)O)n1. The molecule has 1 rings (SSSR count). The zero-order valence-electron chi connectivity index (χ0n) is 7.90. The summed E-state index contributed by atoms with van der Waals surface area (Å²) < 4.78 is 0. The molecule has 0 saturated heterocycles. The van der Waals surface area contributed by atoms with Gasteiger partial charge in [-0.15, -0.1) is 0 Å². The number of carbonyl (C=O) groups is 1. The van der Waals surface area contributed by atoms with Crippen LogP contribution < -0.4 is 5.32 Å². The molecule has 0 aliphatic rings. The number of carboxylic acid groups (broad SMARTS) is 1. The van der Waals surface area contributed by atoms with Crippen LogP contribution in [0.3, 0.4) is 0 Å². The third-order valence-corrected chi connectivity index (χ3v) is 1.57. The van der Waals surface area contributed by atoms with Gasteiger partial charge in [-0.25, -0.2) is 4.79 Å². The lowest BCUT2D eigenvalue weighted by atomic mass is 10.3. The first kappa shape index (κ1) is 10.2. The smallest absolute Gasteiger partial charge is 0.329 e. The van der Waals surface area contributed by atoms with Crippen molar-refractivity contribution in [1.29, 1.82) is 0 Å². The Labute approximate surface area is 82.3 Å². The monoisotopic (exact) mass is 192 g/mol. The quantitative estimate of drug-likeness (QED) is 0.701. The molecule has 0 atom stereocenters.